The first-order chi connectivity index (χ1) is 21.0. The Morgan fingerprint density at radius 3 is 1.93 bits per heavy atom. The highest BCUT2D eigenvalue weighted by Crippen LogP contribution is 2.19. The Morgan fingerprint density at radius 1 is 0.795 bits per heavy atom. The van der Waals surface area contributed by atoms with Gasteiger partial charge in [0.25, 0.3) is 0 Å². The maximum atomic E-state index is 13.2. The number of carbonyl (C=O) groups excluding carboxylic acids is 5. The van der Waals surface area contributed by atoms with Crippen molar-refractivity contribution in [1.82, 2.24) is 20.9 Å². The number of unbranched alkanes of at least 4 members (excludes halogenated alkanes) is 11. The van der Waals surface area contributed by atoms with E-state index in [0.29, 0.717) is 25.8 Å². The molecule has 0 unspecified atom stereocenters. The van der Waals surface area contributed by atoms with E-state index in [4.69, 9.17) is 5.73 Å². The summed E-state index contributed by atoms with van der Waals surface area (Å²) in [6, 6.07) is -3.25. The Hall–Kier alpha value is -2.75. The summed E-state index contributed by atoms with van der Waals surface area (Å²) >= 11 is 0. The average molecular weight is 620 g/mol. The number of imide groups is 1. The lowest BCUT2D eigenvalue weighted by Crippen LogP contribution is -2.57. The Bertz CT molecular complexity index is 920. The molecule has 0 saturated carbocycles. The van der Waals surface area contributed by atoms with Crippen LogP contribution < -0.4 is 21.7 Å². The van der Waals surface area contributed by atoms with Gasteiger partial charge in [0.05, 0.1) is 6.04 Å². The topological polar surface area (TPSA) is 151 Å². The fourth-order valence-corrected chi connectivity index (χ4v) is 5.38. The summed E-state index contributed by atoms with van der Waals surface area (Å²) in [6.07, 6.45) is 21.2. The zero-order chi connectivity index (χ0) is 32.9. The van der Waals surface area contributed by atoms with E-state index in [2.05, 4.69) is 35.0 Å². The van der Waals surface area contributed by atoms with Crippen LogP contribution in [0.1, 0.15) is 137 Å². The number of nitrogens with zero attached hydrogens (tertiary/aromatic N) is 1. The van der Waals surface area contributed by atoms with Gasteiger partial charge < -0.3 is 21.3 Å². The maximum absolute atomic E-state index is 13.2. The molecule has 5 amide bonds. The summed E-state index contributed by atoms with van der Waals surface area (Å²) < 4.78 is 0. The number of rotatable bonds is 22. The SMILES string of the molecule is CCCCCCCC/C=C\CCCCCCCC(=O)NC(=O)[C@@H](NC(=O)[C@@H]1CCCN1C(=O)[C@H](C)NC(=O)[C@H](C)N)C(C)C. The van der Waals surface area contributed by atoms with Gasteiger partial charge in [0.2, 0.25) is 29.5 Å². The molecule has 0 aromatic rings. The summed E-state index contributed by atoms with van der Waals surface area (Å²) in [5, 5.41) is 7.78. The zero-order valence-electron chi connectivity index (χ0n) is 28.1. The van der Waals surface area contributed by atoms with Crippen LogP contribution in [-0.4, -0.2) is 65.1 Å². The molecule has 10 nitrogen and oxygen atoms in total. The van der Waals surface area contributed by atoms with E-state index in [9.17, 15) is 24.0 Å². The predicted octanol–water partition coefficient (Wildman–Crippen LogP) is 4.65. The van der Waals surface area contributed by atoms with E-state index < -0.39 is 41.9 Å². The van der Waals surface area contributed by atoms with E-state index in [0.717, 1.165) is 32.1 Å². The van der Waals surface area contributed by atoms with Crippen LogP contribution in [0.2, 0.25) is 0 Å². The molecule has 1 aliphatic heterocycles. The highest BCUT2D eigenvalue weighted by molar-refractivity contribution is 6.00. The van der Waals surface area contributed by atoms with Crippen LogP contribution in [0.15, 0.2) is 12.2 Å². The molecule has 5 N–H and O–H groups in total. The minimum absolute atomic E-state index is 0.262. The fraction of sp³-hybridized carbons (Fsp3) is 0.794. The third-order valence-electron chi connectivity index (χ3n) is 8.16. The summed E-state index contributed by atoms with van der Waals surface area (Å²) in [7, 11) is 0. The van der Waals surface area contributed by atoms with Crippen LogP contribution in [-0.2, 0) is 24.0 Å². The summed E-state index contributed by atoms with van der Waals surface area (Å²) in [4.78, 5) is 64.9. The number of nitrogens with one attached hydrogen (secondary N) is 3. The molecule has 10 heteroatoms. The molecule has 0 aromatic carbocycles. The first-order valence-corrected chi connectivity index (χ1v) is 17.1. The molecule has 44 heavy (non-hydrogen) atoms. The molecule has 0 radical (unpaired) electrons. The van der Waals surface area contributed by atoms with Crippen LogP contribution in [0.4, 0.5) is 0 Å². The standard InChI is InChI=1S/C34H61N5O5/c1-6-7-8-9-10-11-12-13-14-15-16-17-18-19-20-23-29(40)37-33(43)30(25(2)3)38-32(42)28-22-21-24-39(28)34(44)27(5)36-31(41)26(4)35/h13-14,25-28,30H,6-12,15-24,35H2,1-5H3,(H,36,41)(H,38,42)(H,37,40,43)/b14-13-/t26-,27-,28-,30-/m0/s1. The number of hydrogen-bond acceptors (Lipinski definition) is 6. The van der Waals surface area contributed by atoms with E-state index >= 15 is 0 Å². The van der Waals surface area contributed by atoms with Crippen molar-refractivity contribution in [2.45, 2.75) is 162 Å². The minimum Gasteiger partial charge on any atom is -0.343 e. The molecule has 0 bridgehead atoms. The average Bonchev–Trinajstić information content (AvgIpc) is 3.47. The van der Waals surface area contributed by atoms with Crippen molar-refractivity contribution in [3.63, 3.8) is 0 Å². The minimum atomic E-state index is -0.909. The molecule has 4 atom stereocenters. The lowest BCUT2D eigenvalue weighted by atomic mass is 10.0. The van der Waals surface area contributed by atoms with Crippen molar-refractivity contribution in [3.05, 3.63) is 12.2 Å². The van der Waals surface area contributed by atoms with Gasteiger partial charge in [-0.25, -0.2) is 0 Å². The van der Waals surface area contributed by atoms with Crippen LogP contribution in [0.5, 0.6) is 0 Å². The fourth-order valence-electron chi connectivity index (χ4n) is 5.38. The normalized spacial score (nSPS) is 17.0. The number of likely N-dealkylation sites (tertiary alicyclic amines) is 1. The van der Waals surface area contributed by atoms with Gasteiger partial charge in [-0.2, -0.15) is 0 Å². The Morgan fingerprint density at radius 2 is 1.36 bits per heavy atom. The Labute approximate surface area is 266 Å². The van der Waals surface area contributed by atoms with Gasteiger partial charge in [-0.1, -0.05) is 84.3 Å². The van der Waals surface area contributed by atoms with Gasteiger partial charge >= 0.3 is 0 Å². The largest absolute Gasteiger partial charge is 0.343 e. The van der Waals surface area contributed by atoms with E-state index in [1.165, 1.54) is 56.8 Å². The third-order valence-corrected chi connectivity index (χ3v) is 8.16. The van der Waals surface area contributed by atoms with E-state index in [1.54, 1.807) is 20.8 Å². The van der Waals surface area contributed by atoms with Gasteiger partial charge in [-0.05, 0) is 64.7 Å². The quantitative estimate of drug-likeness (QED) is 0.102. The summed E-state index contributed by atoms with van der Waals surface area (Å²) in [6.45, 7) is 9.29. The summed E-state index contributed by atoms with van der Waals surface area (Å²) in [5.41, 5.74) is 5.58. The molecule has 0 spiro atoms. The van der Waals surface area contributed by atoms with Crippen molar-refractivity contribution in [2.75, 3.05) is 6.54 Å². The van der Waals surface area contributed by atoms with Crippen molar-refractivity contribution < 1.29 is 24.0 Å². The second kappa shape index (κ2) is 22.7. The van der Waals surface area contributed by atoms with Crippen LogP contribution in [0, 0.1) is 5.92 Å². The monoisotopic (exact) mass is 619 g/mol. The summed E-state index contributed by atoms with van der Waals surface area (Å²) in [5.74, 6) is -2.42. The predicted molar refractivity (Wildman–Crippen MR) is 175 cm³/mol. The van der Waals surface area contributed by atoms with E-state index in [-0.39, 0.29) is 24.2 Å². The number of allylic oxidation sites excluding steroid dienone is 2. The van der Waals surface area contributed by atoms with Crippen LogP contribution in [0.3, 0.4) is 0 Å². The molecular weight excluding hydrogens is 558 g/mol. The molecule has 1 heterocycles. The van der Waals surface area contributed by atoms with Gasteiger partial charge in [0.1, 0.15) is 18.1 Å². The van der Waals surface area contributed by atoms with Crippen LogP contribution in [0.25, 0.3) is 0 Å². The molecule has 0 aliphatic carbocycles. The van der Waals surface area contributed by atoms with Crippen molar-refractivity contribution in [1.29, 1.82) is 0 Å². The third kappa shape index (κ3) is 15.8. The van der Waals surface area contributed by atoms with Crippen molar-refractivity contribution in [3.8, 4) is 0 Å². The molecular formula is C34H61N5O5. The van der Waals surface area contributed by atoms with E-state index in [1.807, 2.05) is 0 Å². The maximum Gasteiger partial charge on any atom is 0.249 e. The molecule has 1 fully saturated rings. The Kier molecular flexibility index (Phi) is 20.3. The first-order valence-electron chi connectivity index (χ1n) is 17.1. The van der Waals surface area contributed by atoms with Gasteiger partial charge in [-0.15, -0.1) is 0 Å². The smallest absolute Gasteiger partial charge is 0.249 e. The number of nitrogens with two attached hydrogens (primary N) is 1. The van der Waals surface area contributed by atoms with Crippen molar-refractivity contribution >= 4 is 29.5 Å². The molecule has 1 rings (SSSR count). The second-order valence-corrected chi connectivity index (χ2v) is 12.7. The van der Waals surface area contributed by atoms with Crippen LogP contribution >= 0.6 is 0 Å². The highest BCUT2D eigenvalue weighted by atomic mass is 16.2. The lowest BCUT2D eigenvalue weighted by molar-refractivity contribution is -0.142. The molecule has 252 valence electrons. The van der Waals surface area contributed by atoms with Gasteiger partial charge in [-0.3, -0.25) is 29.3 Å². The van der Waals surface area contributed by atoms with Gasteiger partial charge in [0, 0.05) is 13.0 Å². The Balaban J connectivity index is 2.35. The number of amides is 5. The van der Waals surface area contributed by atoms with Crippen molar-refractivity contribution in [2.24, 2.45) is 11.7 Å². The first kappa shape index (κ1) is 39.3. The van der Waals surface area contributed by atoms with Gasteiger partial charge in [0.15, 0.2) is 0 Å². The molecule has 1 aliphatic rings. The number of carbonyl (C=O) groups is 5. The second-order valence-electron chi connectivity index (χ2n) is 12.7. The lowest BCUT2D eigenvalue weighted by Gasteiger charge is -2.29. The molecule has 1 saturated heterocycles. The molecule has 0 aromatic heterocycles. The zero-order valence-corrected chi connectivity index (χ0v) is 28.1. The number of hydrogen-bond donors (Lipinski definition) is 4. The highest BCUT2D eigenvalue weighted by Gasteiger charge is 2.38.